The highest BCUT2D eigenvalue weighted by Gasteiger charge is 2.32. The van der Waals surface area contributed by atoms with E-state index in [4.69, 9.17) is 10.2 Å². The summed E-state index contributed by atoms with van der Waals surface area (Å²) in [6, 6.07) is 25.0. The molecule has 0 fully saturated rings. The lowest BCUT2D eigenvalue weighted by Gasteiger charge is -2.34. The van der Waals surface area contributed by atoms with E-state index in [1.165, 1.54) is 10.4 Å². The number of aromatic nitrogens is 1. The Kier molecular flexibility index (Phi) is 5.54. The largest absolute Gasteiger partial charge is 0.403 e. The molecule has 4 heteroatoms. The third kappa shape index (κ3) is 4.39. The van der Waals surface area contributed by atoms with Crippen molar-refractivity contribution in [3.05, 3.63) is 84.6 Å². The van der Waals surface area contributed by atoms with Crippen LogP contribution in [-0.4, -0.2) is 14.0 Å². The van der Waals surface area contributed by atoms with Gasteiger partial charge in [0.15, 0.2) is 0 Å². The summed E-state index contributed by atoms with van der Waals surface area (Å²) >= 11 is 0. The van der Waals surface area contributed by atoms with Gasteiger partial charge in [0.25, 0.3) is 0 Å². The summed E-state index contributed by atoms with van der Waals surface area (Å²) in [5.41, 5.74) is 6.78. The molecule has 0 amide bonds. The summed E-state index contributed by atoms with van der Waals surface area (Å²) in [4.78, 5) is 4.28. The Morgan fingerprint density at radius 2 is 1.38 bits per heavy atom. The van der Waals surface area contributed by atoms with E-state index in [1.54, 1.807) is 0 Å². The molecule has 0 radical (unpaired) electrons. The van der Waals surface area contributed by atoms with Crippen molar-refractivity contribution >= 4 is 25.2 Å². The van der Waals surface area contributed by atoms with Gasteiger partial charge in [-0.2, -0.15) is 0 Å². The first-order chi connectivity index (χ1) is 12.4. The van der Waals surface area contributed by atoms with E-state index in [2.05, 4.69) is 74.3 Å². The highest BCUT2D eigenvalue weighted by Crippen LogP contribution is 2.36. The number of anilines is 1. The molecule has 0 aliphatic rings. The van der Waals surface area contributed by atoms with Crippen molar-refractivity contribution in [3.63, 3.8) is 0 Å². The van der Waals surface area contributed by atoms with Gasteiger partial charge in [-0.3, -0.25) is 0 Å². The van der Waals surface area contributed by atoms with Gasteiger partial charge in [-0.15, -0.1) is 0 Å². The summed E-state index contributed by atoms with van der Waals surface area (Å²) < 4.78 is 6.87. The van der Waals surface area contributed by atoms with Crippen molar-refractivity contribution in [2.24, 2.45) is 5.41 Å². The number of pyridine rings is 1. The normalized spacial score (nSPS) is 12.9. The lowest BCUT2D eigenvalue weighted by molar-refractivity contribution is 0.0894. The van der Waals surface area contributed by atoms with E-state index >= 15 is 0 Å². The van der Waals surface area contributed by atoms with Gasteiger partial charge in [0.1, 0.15) is 5.82 Å². The molecule has 3 nitrogen and oxygen atoms in total. The molecule has 3 rings (SSSR count). The third-order valence-corrected chi connectivity index (χ3v) is 6.90. The number of nitrogens with two attached hydrogens (primary N) is 1. The van der Waals surface area contributed by atoms with Gasteiger partial charge >= 0.3 is 0 Å². The molecule has 0 saturated carbocycles. The zero-order valence-corrected chi connectivity index (χ0v) is 16.7. The minimum Gasteiger partial charge on any atom is -0.403 e. The van der Waals surface area contributed by atoms with Crippen LogP contribution in [0.4, 0.5) is 5.82 Å². The monoisotopic (exact) mass is 362 g/mol. The summed E-state index contributed by atoms with van der Waals surface area (Å²) in [6.07, 6.45) is 1.78. The van der Waals surface area contributed by atoms with Crippen molar-refractivity contribution in [2.75, 3.05) is 5.73 Å². The van der Waals surface area contributed by atoms with Gasteiger partial charge < -0.3 is 10.2 Å². The summed E-state index contributed by atoms with van der Waals surface area (Å²) in [5.74, 6) is 0.529. The van der Waals surface area contributed by atoms with Crippen molar-refractivity contribution < 1.29 is 4.43 Å². The smallest absolute Gasteiger partial charge is 0.240 e. The van der Waals surface area contributed by atoms with Crippen LogP contribution in [0.5, 0.6) is 0 Å². The first kappa shape index (κ1) is 18.4. The zero-order chi connectivity index (χ0) is 18.6. The highest BCUT2D eigenvalue weighted by atomic mass is 28.3. The number of hydrogen-bond donors (Lipinski definition) is 1. The van der Waals surface area contributed by atoms with Crippen molar-refractivity contribution in [1.82, 2.24) is 4.98 Å². The van der Waals surface area contributed by atoms with Gasteiger partial charge in [-0.05, 0) is 27.4 Å². The van der Waals surface area contributed by atoms with Gasteiger partial charge in [0.2, 0.25) is 9.04 Å². The van der Waals surface area contributed by atoms with Gasteiger partial charge in [-0.25, -0.2) is 4.98 Å². The molecule has 0 saturated heterocycles. The summed E-state index contributed by atoms with van der Waals surface area (Å²) in [7, 11) is -1.85. The van der Waals surface area contributed by atoms with Crippen molar-refractivity contribution in [3.8, 4) is 0 Å². The molecule has 3 aromatic rings. The average Bonchev–Trinajstić information content (AvgIpc) is 2.64. The van der Waals surface area contributed by atoms with E-state index in [0.717, 1.165) is 5.56 Å². The average molecular weight is 363 g/mol. The highest BCUT2D eigenvalue weighted by molar-refractivity contribution is 6.80. The van der Waals surface area contributed by atoms with E-state index in [1.807, 2.05) is 30.5 Å². The topological polar surface area (TPSA) is 48.1 Å². The van der Waals surface area contributed by atoms with E-state index in [9.17, 15) is 0 Å². The number of benzene rings is 2. The molecule has 1 unspecified atom stereocenters. The van der Waals surface area contributed by atoms with Crippen LogP contribution in [-0.2, 0) is 4.43 Å². The molecule has 1 aromatic heterocycles. The van der Waals surface area contributed by atoms with E-state index < -0.39 is 9.04 Å². The Hall–Kier alpha value is -2.43. The predicted octanol–water partition coefficient (Wildman–Crippen LogP) is 3.31. The Morgan fingerprint density at radius 3 is 1.81 bits per heavy atom. The van der Waals surface area contributed by atoms with Crippen molar-refractivity contribution in [2.45, 2.75) is 26.9 Å². The lowest BCUT2D eigenvalue weighted by Crippen LogP contribution is -2.47. The molecule has 0 aliphatic carbocycles. The Bertz CT molecular complexity index is 775. The quantitative estimate of drug-likeness (QED) is 0.709. The van der Waals surface area contributed by atoms with E-state index in [-0.39, 0.29) is 11.5 Å². The minimum atomic E-state index is -1.85. The zero-order valence-electron chi connectivity index (χ0n) is 15.6. The number of rotatable bonds is 5. The van der Waals surface area contributed by atoms with Gasteiger partial charge in [-0.1, -0.05) is 87.5 Å². The molecule has 26 heavy (non-hydrogen) atoms. The van der Waals surface area contributed by atoms with Gasteiger partial charge in [0.05, 0.1) is 6.10 Å². The molecule has 2 aromatic carbocycles. The molecule has 134 valence electrons. The van der Waals surface area contributed by atoms with Crippen LogP contribution < -0.4 is 16.1 Å². The Morgan fingerprint density at radius 1 is 0.846 bits per heavy atom. The maximum absolute atomic E-state index is 6.87. The fraction of sp³-hybridized carbons (Fsp3) is 0.227. The SMILES string of the molecule is CC(C)(C)C(O[SiH](c1ccccc1)c1ccccc1)c1ccc(N)nc1. The summed E-state index contributed by atoms with van der Waals surface area (Å²) in [5, 5.41) is 2.55. The van der Waals surface area contributed by atoms with Crippen LogP contribution in [0.25, 0.3) is 0 Å². The predicted molar refractivity (Wildman–Crippen MR) is 111 cm³/mol. The Labute approximate surface area is 157 Å². The molecule has 0 aliphatic heterocycles. The Balaban J connectivity index is 2.01. The maximum atomic E-state index is 6.87. The first-order valence-electron chi connectivity index (χ1n) is 8.92. The third-order valence-electron chi connectivity index (χ3n) is 4.38. The maximum Gasteiger partial charge on any atom is 0.240 e. The molecule has 2 N–H and O–H groups in total. The van der Waals surface area contributed by atoms with Crippen LogP contribution in [0.2, 0.25) is 0 Å². The van der Waals surface area contributed by atoms with Crippen LogP contribution in [0.15, 0.2) is 79.0 Å². The molecule has 1 heterocycles. The fourth-order valence-electron chi connectivity index (χ4n) is 3.10. The second-order valence-corrected chi connectivity index (χ2v) is 9.97. The van der Waals surface area contributed by atoms with Crippen LogP contribution >= 0.6 is 0 Å². The second-order valence-electron chi connectivity index (χ2n) is 7.60. The molecular formula is C22H26N2OSi. The number of hydrogen-bond acceptors (Lipinski definition) is 3. The first-order valence-corrected chi connectivity index (χ1v) is 10.5. The standard InChI is InChI=1S/C22H26N2OSi/c1-22(2,3)21(17-14-15-20(23)24-16-17)25-26(18-10-6-4-7-11-18)19-12-8-5-9-13-19/h4-16,21,26H,1-3H3,(H2,23,24). The second kappa shape index (κ2) is 7.85. The van der Waals surface area contributed by atoms with E-state index in [0.29, 0.717) is 5.82 Å². The fourth-order valence-corrected chi connectivity index (χ4v) is 5.78. The molecular weight excluding hydrogens is 336 g/mol. The van der Waals surface area contributed by atoms with Crippen LogP contribution in [0.3, 0.4) is 0 Å². The molecule has 0 bridgehead atoms. The molecule has 0 spiro atoms. The lowest BCUT2D eigenvalue weighted by atomic mass is 9.85. The van der Waals surface area contributed by atoms with Gasteiger partial charge in [0, 0.05) is 6.20 Å². The summed E-state index contributed by atoms with van der Waals surface area (Å²) in [6.45, 7) is 6.61. The van der Waals surface area contributed by atoms with Crippen LogP contribution in [0, 0.1) is 5.41 Å². The van der Waals surface area contributed by atoms with Crippen LogP contribution in [0.1, 0.15) is 32.4 Å². The number of nitrogens with zero attached hydrogens (tertiary/aromatic N) is 1. The number of nitrogen functional groups attached to an aromatic ring is 1. The van der Waals surface area contributed by atoms with Crippen molar-refractivity contribution in [1.29, 1.82) is 0 Å². The molecule has 1 atom stereocenters. The minimum absolute atomic E-state index is 0.0623.